The lowest BCUT2D eigenvalue weighted by Crippen LogP contribution is -2.45. The summed E-state index contributed by atoms with van der Waals surface area (Å²) in [7, 11) is -1.41. The molecule has 0 bridgehead atoms. The van der Waals surface area contributed by atoms with E-state index in [1.165, 1.54) is 35.6 Å². The van der Waals surface area contributed by atoms with Crippen molar-refractivity contribution in [2.45, 2.75) is 43.0 Å². The largest absolute Gasteiger partial charge is 0.340 e. The van der Waals surface area contributed by atoms with Crippen molar-refractivity contribution < 1.29 is 18.2 Å². The summed E-state index contributed by atoms with van der Waals surface area (Å²) in [5.74, 6) is -1.33. The highest BCUT2D eigenvalue weighted by Gasteiger charge is 2.23. The summed E-state index contributed by atoms with van der Waals surface area (Å²) in [4.78, 5) is 25.8. The molecule has 2 aromatic carbocycles. The SMILES string of the molecule is CC(C)(C)NS(=O)c1ccc(NC(=O)[C@H](Cc2ccccc2)NC(=O)c2ccc(F)cc2)s1. The molecule has 3 rings (SSSR count). The number of thiophene rings is 1. The Bertz CT molecular complexity index is 1130. The van der Waals surface area contributed by atoms with E-state index in [1.807, 2.05) is 51.1 Å². The van der Waals surface area contributed by atoms with Gasteiger partial charge < -0.3 is 10.6 Å². The van der Waals surface area contributed by atoms with Crippen molar-refractivity contribution in [3.8, 4) is 0 Å². The molecule has 1 aromatic heterocycles. The summed E-state index contributed by atoms with van der Waals surface area (Å²) in [6, 6.07) is 17.0. The van der Waals surface area contributed by atoms with Crippen LogP contribution in [0.15, 0.2) is 70.9 Å². The number of carbonyl (C=O) groups is 2. The Morgan fingerprint density at radius 2 is 1.67 bits per heavy atom. The van der Waals surface area contributed by atoms with E-state index in [4.69, 9.17) is 0 Å². The van der Waals surface area contributed by atoms with Crippen LogP contribution < -0.4 is 15.4 Å². The number of rotatable bonds is 8. The Morgan fingerprint density at radius 1 is 1.00 bits per heavy atom. The third-order valence-corrected chi connectivity index (χ3v) is 7.22. The minimum atomic E-state index is -1.41. The maximum Gasteiger partial charge on any atom is 0.251 e. The molecule has 3 aromatic rings. The van der Waals surface area contributed by atoms with E-state index in [0.29, 0.717) is 9.21 Å². The van der Waals surface area contributed by atoms with Gasteiger partial charge in [-0.2, -0.15) is 0 Å². The minimum Gasteiger partial charge on any atom is -0.340 e. The van der Waals surface area contributed by atoms with E-state index in [2.05, 4.69) is 15.4 Å². The highest BCUT2D eigenvalue weighted by molar-refractivity contribution is 7.85. The number of halogens is 1. The molecule has 1 heterocycles. The zero-order valence-corrected chi connectivity index (χ0v) is 20.2. The molecule has 0 saturated carbocycles. The molecule has 1 unspecified atom stereocenters. The van der Waals surface area contributed by atoms with Gasteiger partial charge in [0, 0.05) is 17.5 Å². The maximum absolute atomic E-state index is 13.2. The van der Waals surface area contributed by atoms with Crippen molar-refractivity contribution in [1.29, 1.82) is 0 Å². The fraction of sp³-hybridized carbons (Fsp3) is 0.250. The van der Waals surface area contributed by atoms with Crippen LogP contribution >= 0.6 is 11.3 Å². The summed E-state index contributed by atoms with van der Waals surface area (Å²) < 4.78 is 29.2. The van der Waals surface area contributed by atoms with Gasteiger partial charge >= 0.3 is 0 Å². The van der Waals surface area contributed by atoms with Gasteiger partial charge in [0.2, 0.25) is 5.91 Å². The van der Waals surface area contributed by atoms with Gasteiger partial charge in [0.05, 0.1) is 5.00 Å². The van der Waals surface area contributed by atoms with E-state index in [9.17, 15) is 18.2 Å². The molecule has 2 amide bonds. The number of amides is 2. The van der Waals surface area contributed by atoms with Crippen LogP contribution in [0.4, 0.5) is 9.39 Å². The average molecular weight is 488 g/mol. The highest BCUT2D eigenvalue weighted by Crippen LogP contribution is 2.25. The lowest BCUT2D eigenvalue weighted by molar-refractivity contribution is -0.117. The van der Waals surface area contributed by atoms with Gasteiger partial charge in [-0.05, 0) is 62.7 Å². The molecule has 33 heavy (non-hydrogen) atoms. The lowest BCUT2D eigenvalue weighted by atomic mass is 10.0. The fourth-order valence-electron chi connectivity index (χ4n) is 2.93. The van der Waals surface area contributed by atoms with Crippen LogP contribution in [0.2, 0.25) is 0 Å². The fourth-order valence-corrected chi connectivity index (χ4v) is 5.11. The van der Waals surface area contributed by atoms with E-state index in [1.54, 1.807) is 12.1 Å². The normalized spacial score (nSPS) is 13.2. The van der Waals surface area contributed by atoms with Crippen LogP contribution in [0.1, 0.15) is 36.7 Å². The first-order valence-electron chi connectivity index (χ1n) is 10.3. The predicted molar refractivity (Wildman–Crippen MR) is 130 cm³/mol. The maximum atomic E-state index is 13.2. The van der Waals surface area contributed by atoms with E-state index in [-0.39, 0.29) is 17.5 Å². The molecule has 0 saturated heterocycles. The summed E-state index contributed by atoms with van der Waals surface area (Å²) in [6.45, 7) is 5.75. The Hall–Kier alpha value is -2.88. The van der Waals surface area contributed by atoms with Gasteiger partial charge in [-0.1, -0.05) is 30.3 Å². The predicted octanol–water partition coefficient (Wildman–Crippen LogP) is 4.28. The second kappa shape index (κ2) is 10.8. The summed E-state index contributed by atoms with van der Waals surface area (Å²) in [6.07, 6.45) is 0.273. The average Bonchev–Trinajstić information content (AvgIpc) is 3.22. The molecule has 0 fully saturated rings. The highest BCUT2D eigenvalue weighted by atomic mass is 32.2. The van der Waals surface area contributed by atoms with Gasteiger partial charge in [0.25, 0.3) is 5.91 Å². The Morgan fingerprint density at radius 3 is 2.30 bits per heavy atom. The first-order chi connectivity index (χ1) is 15.6. The van der Waals surface area contributed by atoms with Crippen LogP contribution in [-0.2, 0) is 22.2 Å². The molecule has 2 atom stereocenters. The number of benzene rings is 2. The van der Waals surface area contributed by atoms with Gasteiger partial charge in [-0.25, -0.2) is 13.3 Å². The van der Waals surface area contributed by atoms with E-state index < -0.39 is 34.7 Å². The van der Waals surface area contributed by atoms with Gasteiger partial charge in [-0.15, -0.1) is 11.3 Å². The van der Waals surface area contributed by atoms with Gasteiger partial charge in [0.1, 0.15) is 27.1 Å². The lowest BCUT2D eigenvalue weighted by Gasteiger charge is -2.19. The summed E-state index contributed by atoms with van der Waals surface area (Å²) >= 11 is 1.20. The Balaban J connectivity index is 1.74. The monoisotopic (exact) mass is 487 g/mol. The van der Waals surface area contributed by atoms with Crippen molar-refractivity contribution in [1.82, 2.24) is 10.0 Å². The molecular weight excluding hydrogens is 461 g/mol. The number of anilines is 1. The van der Waals surface area contributed by atoms with Crippen molar-refractivity contribution in [2.75, 3.05) is 5.32 Å². The summed E-state index contributed by atoms with van der Waals surface area (Å²) in [5, 5.41) is 6.07. The number of carbonyl (C=O) groups excluding carboxylic acids is 2. The van der Waals surface area contributed by atoms with Crippen molar-refractivity contribution >= 4 is 39.1 Å². The Kier molecular flexibility index (Phi) is 8.12. The molecule has 0 spiro atoms. The van der Waals surface area contributed by atoms with Crippen molar-refractivity contribution in [3.63, 3.8) is 0 Å². The zero-order valence-electron chi connectivity index (χ0n) is 18.6. The molecule has 0 aliphatic rings. The third kappa shape index (κ3) is 7.59. The Labute approximate surface area is 199 Å². The molecule has 0 aliphatic heterocycles. The topological polar surface area (TPSA) is 87.3 Å². The van der Waals surface area contributed by atoms with E-state index in [0.717, 1.165) is 5.56 Å². The third-order valence-electron chi connectivity index (χ3n) is 4.42. The molecule has 9 heteroatoms. The number of hydrogen-bond donors (Lipinski definition) is 3. The molecule has 3 N–H and O–H groups in total. The molecule has 6 nitrogen and oxygen atoms in total. The smallest absolute Gasteiger partial charge is 0.251 e. The quantitative estimate of drug-likeness (QED) is 0.443. The van der Waals surface area contributed by atoms with Crippen LogP contribution in [0.3, 0.4) is 0 Å². The second-order valence-corrected chi connectivity index (χ2v) is 11.0. The van der Waals surface area contributed by atoms with Crippen LogP contribution in [0.5, 0.6) is 0 Å². The molecule has 0 aliphatic carbocycles. The van der Waals surface area contributed by atoms with Gasteiger partial charge in [-0.3, -0.25) is 9.59 Å². The summed E-state index contributed by atoms with van der Waals surface area (Å²) in [5.41, 5.74) is 0.799. The van der Waals surface area contributed by atoms with Crippen LogP contribution in [0, 0.1) is 5.82 Å². The van der Waals surface area contributed by atoms with Crippen LogP contribution in [0.25, 0.3) is 0 Å². The standard InChI is InChI=1S/C24H26FN3O3S2/c1-24(2,3)28-33(31)21-14-13-20(32-21)27-23(30)19(15-16-7-5-4-6-8-16)26-22(29)17-9-11-18(25)12-10-17/h4-14,19,28H,15H2,1-3H3,(H,26,29)(H,27,30)/t19-,33?/m0/s1. The number of nitrogens with one attached hydrogen (secondary N) is 3. The minimum absolute atomic E-state index is 0.254. The zero-order chi connectivity index (χ0) is 24.0. The van der Waals surface area contributed by atoms with Crippen LogP contribution in [-0.4, -0.2) is 27.6 Å². The molecular formula is C24H26FN3O3S2. The first kappa shape index (κ1) is 24.8. The molecule has 0 radical (unpaired) electrons. The first-order valence-corrected chi connectivity index (χ1v) is 12.3. The van der Waals surface area contributed by atoms with E-state index >= 15 is 0 Å². The van der Waals surface area contributed by atoms with Crippen molar-refractivity contribution in [2.24, 2.45) is 0 Å². The van der Waals surface area contributed by atoms with Gasteiger partial charge in [0.15, 0.2) is 0 Å². The second-order valence-electron chi connectivity index (χ2n) is 8.45. The number of hydrogen-bond acceptors (Lipinski definition) is 4. The molecule has 174 valence electrons. The van der Waals surface area contributed by atoms with Crippen molar-refractivity contribution in [3.05, 3.63) is 83.7 Å².